The van der Waals surface area contributed by atoms with Gasteiger partial charge in [-0.3, -0.25) is 9.59 Å². The number of hydrogen-bond acceptors (Lipinski definition) is 5. The van der Waals surface area contributed by atoms with Gasteiger partial charge >= 0.3 is 6.03 Å². The van der Waals surface area contributed by atoms with Gasteiger partial charge in [-0.25, -0.2) is 4.79 Å². The summed E-state index contributed by atoms with van der Waals surface area (Å²) in [6.45, 7) is 0.216. The van der Waals surface area contributed by atoms with Crippen molar-refractivity contribution in [3.63, 3.8) is 0 Å². The zero-order chi connectivity index (χ0) is 21.2. The third kappa shape index (κ3) is 7.35. The highest BCUT2D eigenvalue weighted by Crippen LogP contribution is 2.27. The quantitative estimate of drug-likeness (QED) is 0.313. The van der Waals surface area contributed by atoms with E-state index in [0.717, 1.165) is 31.2 Å². The Hall–Kier alpha value is -2.65. The van der Waals surface area contributed by atoms with Crippen LogP contribution in [0.1, 0.15) is 44.1 Å². The van der Waals surface area contributed by atoms with Gasteiger partial charge in [0.15, 0.2) is 0 Å². The van der Waals surface area contributed by atoms with Crippen LogP contribution in [0.5, 0.6) is 0 Å². The smallest absolute Gasteiger partial charge is 0.312 e. The van der Waals surface area contributed by atoms with Crippen LogP contribution in [0.2, 0.25) is 0 Å². The molecule has 8 N–H and O–H groups in total. The van der Waals surface area contributed by atoms with Gasteiger partial charge in [0.2, 0.25) is 11.8 Å². The van der Waals surface area contributed by atoms with E-state index in [1.54, 1.807) is 24.3 Å². The summed E-state index contributed by atoms with van der Waals surface area (Å²) in [5, 5.41) is 17.1. The lowest BCUT2D eigenvalue weighted by Crippen LogP contribution is -2.52. The molecule has 1 aromatic carbocycles. The van der Waals surface area contributed by atoms with Crippen molar-refractivity contribution in [2.24, 2.45) is 17.4 Å². The molecule has 1 aliphatic rings. The summed E-state index contributed by atoms with van der Waals surface area (Å²) < 4.78 is 0. The molecule has 1 aromatic rings. The van der Waals surface area contributed by atoms with Crippen LogP contribution in [-0.4, -0.2) is 41.6 Å². The minimum absolute atomic E-state index is 0.0845. The van der Waals surface area contributed by atoms with Gasteiger partial charge in [-0.05, 0) is 49.3 Å². The molecule has 2 atom stereocenters. The Morgan fingerprint density at radius 2 is 1.76 bits per heavy atom. The van der Waals surface area contributed by atoms with Gasteiger partial charge in [-0.15, -0.1) is 0 Å². The highest BCUT2D eigenvalue weighted by Gasteiger charge is 2.30. The molecule has 0 aromatic heterocycles. The van der Waals surface area contributed by atoms with E-state index >= 15 is 0 Å². The van der Waals surface area contributed by atoms with E-state index in [2.05, 4.69) is 16.0 Å². The Balaban J connectivity index is 1.98. The number of amides is 4. The number of nitrogens with one attached hydrogen (secondary N) is 3. The number of hydrogen-bond donors (Lipinski definition) is 6. The van der Waals surface area contributed by atoms with Gasteiger partial charge in [0.05, 0.1) is 12.6 Å². The fourth-order valence-corrected chi connectivity index (χ4v) is 3.51. The number of nitrogens with two attached hydrogens (primary N) is 2. The molecule has 0 bridgehead atoms. The number of carbonyl (C=O) groups is 3. The molecule has 1 fully saturated rings. The second kappa shape index (κ2) is 11.4. The minimum Gasteiger partial charge on any atom is -0.392 e. The molecule has 4 amide bonds. The van der Waals surface area contributed by atoms with Crippen molar-refractivity contribution in [2.45, 2.75) is 57.2 Å². The van der Waals surface area contributed by atoms with Gasteiger partial charge in [-0.2, -0.15) is 0 Å². The third-order valence-corrected chi connectivity index (χ3v) is 5.22. The summed E-state index contributed by atoms with van der Waals surface area (Å²) in [6.07, 6.45) is 4.76. The summed E-state index contributed by atoms with van der Waals surface area (Å²) in [6, 6.07) is 4.71. The lowest BCUT2D eigenvalue weighted by atomic mass is 9.97. The molecule has 9 heteroatoms. The van der Waals surface area contributed by atoms with Gasteiger partial charge in [0.1, 0.15) is 6.04 Å². The fraction of sp³-hybridized carbons (Fsp3) is 0.550. The lowest BCUT2D eigenvalue weighted by molar-refractivity contribution is -0.128. The zero-order valence-electron chi connectivity index (χ0n) is 16.5. The standard InChI is InChI=1S/C20H31N5O4/c21-17(14-4-1-2-5-14)19(28)25-16(6-3-11-23-20(22)29)18(27)24-15-9-7-13(12-26)8-10-15/h7-10,14,16-17,26H,1-6,11-12,21H2,(H,24,27)(H,25,28)(H3,22,23,29)/t16-,17-/m0/s1. The number of anilines is 1. The number of aliphatic hydroxyl groups excluding tert-OH is 1. The van der Waals surface area contributed by atoms with Crippen molar-refractivity contribution in [2.75, 3.05) is 11.9 Å². The first kappa shape index (κ1) is 22.6. The van der Waals surface area contributed by atoms with E-state index in [1.165, 1.54) is 0 Å². The maximum atomic E-state index is 12.7. The Bertz CT molecular complexity index is 689. The Kier molecular flexibility index (Phi) is 8.88. The van der Waals surface area contributed by atoms with E-state index < -0.39 is 18.1 Å². The number of primary amides is 1. The fourth-order valence-electron chi connectivity index (χ4n) is 3.51. The topological polar surface area (TPSA) is 160 Å². The average Bonchev–Trinajstić information content (AvgIpc) is 3.24. The summed E-state index contributed by atoms with van der Waals surface area (Å²) in [7, 11) is 0. The molecule has 0 aliphatic heterocycles. The molecule has 1 saturated carbocycles. The Morgan fingerprint density at radius 1 is 1.10 bits per heavy atom. The van der Waals surface area contributed by atoms with E-state index in [1.807, 2.05) is 0 Å². The molecule has 9 nitrogen and oxygen atoms in total. The van der Waals surface area contributed by atoms with E-state index in [9.17, 15) is 14.4 Å². The second-order valence-electron chi connectivity index (χ2n) is 7.41. The van der Waals surface area contributed by atoms with E-state index in [4.69, 9.17) is 16.6 Å². The molecule has 0 heterocycles. The molecule has 0 unspecified atom stereocenters. The van der Waals surface area contributed by atoms with Crippen molar-refractivity contribution in [1.82, 2.24) is 10.6 Å². The van der Waals surface area contributed by atoms with Crippen LogP contribution in [0.4, 0.5) is 10.5 Å². The van der Waals surface area contributed by atoms with Crippen LogP contribution < -0.4 is 27.4 Å². The normalized spacial score (nSPS) is 16.1. The molecule has 0 radical (unpaired) electrons. The first-order valence-electron chi connectivity index (χ1n) is 10.0. The van der Waals surface area contributed by atoms with Gasteiger partial charge in [0.25, 0.3) is 0 Å². The van der Waals surface area contributed by atoms with E-state index in [0.29, 0.717) is 25.1 Å². The van der Waals surface area contributed by atoms with Crippen molar-refractivity contribution < 1.29 is 19.5 Å². The molecule has 160 valence electrons. The Morgan fingerprint density at radius 3 is 2.34 bits per heavy atom. The van der Waals surface area contributed by atoms with Crippen LogP contribution in [0.15, 0.2) is 24.3 Å². The number of aliphatic hydroxyl groups is 1. The maximum Gasteiger partial charge on any atom is 0.312 e. The van der Waals surface area contributed by atoms with Gasteiger partial charge in [-0.1, -0.05) is 25.0 Å². The predicted octanol–water partition coefficient (Wildman–Crippen LogP) is 0.568. The predicted molar refractivity (Wildman–Crippen MR) is 110 cm³/mol. The van der Waals surface area contributed by atoms with Crippen LogP contribution in [-0.2, 0) is 16.2 Å². The largest absolute Gasteiger partial charge is 0.392 e. The highest BCUT2D eigenvalue weighted by atomic mass is 16.3. The SMILES string of the molecule is NC(=O)NCCC[C@H](NC(=O)[C@@H](N)C1CCCC1)C(=O)Nc1ccc(CO)cc1. The lowest BCUT2D eigenvalue weighted by Gasteiger charge is -2.23. The average molecular weight is 405 g/mol. The molecule has 0 spiro atoms. The minimum atomic E-state index is -0.790. The van der Waals surface area contributed by atoms with Crippen molar-refractivity contribution in [3.05, 3.63) is 29.8 Å². The summed E-state index contributed by atoms with van der Waals surface area (Å²) in [5.74, 6) is -0.565. The molecule has 29 heavy (non-hydrogen) atoms. The van der Waals surface area contributed by atoms with Crippen LogP contribution in [0, 0.1) is 5.92 Å². The number of carbonyl (C=O) groups excluding carboxylic acids is 3. The van der Waals surface area contributed by atoms with Crippen molar-refractivity contribution in [1.29, 1.82) is 0 Å². The first-order valence-corrected chi connectivity index (χ1v) is 10.0. The number of rotatable bonds is 10. The van der Waals surface area contributed by atoms with Crippen LogP contribution in [0.3, 0.4) is 0 Å². The van der Waals surface area contributed by atoms with Crippen molar-refractivity contribution >= 4 is 23.5 Å². The molecular formula is C20H31N5O4. The van der Waals surface area contributed by atoms with Gasteiger partial charge in [0, 0.05) is 12.2 Å². The first-order chi connectivity index (χ1) is 13.9. The molecular weight excluding hydrogens is 374 g/mol. The maximum absolute atomic E-state index is 12.7. The highest BCUT2D eigenvalue weighted by molar-refractivity contribution is 5.97. The molecule has 2 rings (SSSR count). The number of benzene rings is 1. The summed E-state index contributed by atoms with van der Waals surface area (Å²) in [5.41, 5.74) is 12.4. The monoisotopic (exact) mass is 405 g/mol. The molecule has 1 aliphatic carbocycles. The van der Waals surface area contributed by atoms with E-state index in [-0.39, 0.29) is 24.3 Å². The van der Waals surface area contributed by atoms with Crippen molar-refractivity contribution in [3.8, 4) is 0 Å². The van der Waals surface area contributed by atoms with Crippen LogP contribution in [0.25, 0.3) is 0 Å². The zero-order valence-corrected chi connectivity index (χ0v) is 16.5. The second-order valence-corrected chi connectivity index (χ2v) is 7.41. The molecule has 0 saturated heterocycles. The Labute approximate surface area is 170 Å². The third-order valence-electron chi connectivity index (χ3n) is 5.22. The van der Waals surface area contributed by atoms with Crippen LogP contribution >= 0.6 is 0 Å². The van der Waals surface area contributed by atoms with Gasteiger partial charge < -0.3 is 32.5 Å². The number of urea groups is 1. The summed E-state index contributed by atoms with van der Waals surface area (Å²) in [4.78, 5) is 36.1. The summed E-state index contributed by atoms with van der Waals surface area (Å²) >= 11 is 0.